The van der Waals surface area contributed by atoms with Crippen molar-refractivity contribution in [2.45, 2.75) is 26.4 Å². The summed E-state index contributed by atoms with van der Waals surface area (Å²) in [5, 5.41) is 0. The van der Waals surface area contributed by atoms with Crippen LogP contribution >= 0.6 is 0 Å². The molecular weight excluding hydrogens is 270 g/mol. The molecule has 1 aromatic rings. The number of hydrogen-bond acceptors (Lipinski definition) is 5. The maximum absolute atomic E-state index is 12.0. The van der Waals surface area contributed by atoms with Crippen LogP contribution in [0, 0.1) is 5.92 Å². The van der Waals surface area contributed by atoms with Crippen LogP contribution in [-0.2, 0) is 9.53 Å². The third-order valence-corrected chi connectivity index (χ3v) is 3.57. The number of esters is 1. The number of rotatable bonds is 5. The summed E-state index contributed by atoms with van der Waals surface area (Å²) < 4.78 is 15.9. The summed E-state index contributed by atoms with van der Waals surface area (Å²) in [5.41, 5.74) is 1.01. The van der Waals surface area contributed by atoms with Gasteiger partial charge in [-0.2, -0.15) is 0 Å². The van der Waals surface area contributed by atoms with E-state index in [4.69, 9.17) is 14.2 Å². The van der Waals surface area contributed by atoms with Crippen LogP contribution in [0.25, 0.3) is 0 Å². The van der Waals surface area contributed by atoms with E-state index in [1.165, 1.54) is 0 Å². The first-order chi connectivity index (χ1) is 10.0. The smallest absolute Gasteiger partial charge is 0.311 e. The predicted molar refractivity (Wildman–Crippen MR) is 81.1 cm³/mol. The van der Waals surface area contributed by atoms with Crippen LogP contribution < -0.4 is 14.4 Å². The van der Waals surface area contributed by atoms with Gasteiger partial charge in [0.05, 0.1) is 26.2 Å². The second-order valence-electron chi connectivity index (χ2n) is 5.49. The average Bonchev–Trinajstić information content (AvgIpc) is 2.96. The number of anilines is 1. The fourth-order valence-corrected chi connectivity index (χ4v) is 2.49. The molecule has 0 bridgehead atoms. The molecule has 1 heterocycles. The molecule has 5 nitrogen and oxygen atoms in total. The molecule has 2 rings (SSSR count). The van der Waals surface area contributed by atoms with Crippen molar-refractivity contribution in [2.24, 2.45) is 5.92 Å². The number of hydrogen-bond donors (Lipinski definition) is 0. The predicted octanol–water partition coefficient (Wildman–Crippen LogP) is 2.48. The molecule has 5 heteroatoms. The third-order valence-electron chi connectivity index (χ3n) is 3.57. The Morgan fingerprint density at radius 2 is 1.81 bits per heavy atom. The van der Waals surface area contributed by atoms with Crippen molar-refractivity contribution >= 4 is 11.7 Å². The van der Waals surface area contributed by atoms with E-state index in [1.54, 1.807) is 14.2 Å². The quantitative estimate of drug-likeness (QED) is 0.781. The Bertz CT molecular complexity index is 479. The SMILES string of the molecule is COc1cc(OC)cc(N2CCC(C(=O)OC(C)C)C2)c1. The standard InChI is InChI=1S/C16H23NO4/c1-11(2)21-16(18)12-5-6-17(10-12)13-7-14(19-3)9-15(8-13)20-4/h7-9,11-12H,5-6,10H2,1-4H3. The van der Waals surface area contributed by atoms with Crippen LogP contribution in [0.15, 0.2) is 18.2 Å². The molecule has 116 valence electrons. The number of methoxy groups -OCH3 is 2. The summed E-state index contributed by atoms with van der Waals surface area (Å²) in [6.07, 6.45) is 0.744. The minimum atomic E-state index is -0.109. The molecule has 0 aromatic heterocycles. The van der Waals surface area contributed by atoms with E-state index in [9.17, 15) is 4.79 Å². The first kappa shape index (κ1) is 15.5. The number of carbonyl (C=O) groups is 1. The molecule has 1 aliphatic heterocycles. The highest BCUT2D eigenvalue weighted by Gasteiger charge is 2.30. The molecule has 1 fully saturated rings. The van der Waals surface area contributed by atoms with Crippen molar-refractivity contribution < 1.29 is 19.0 Å². The van der Waals surface area contributed by atoms with E-state index >= 15 is 0 Å². The highest BCUT2D eigenvalue weighted by Crippen LogP contribution is 2.32. The summed E-state index contributed by atoms with van der Waals surface area (Å²) in [4.78, 5) is 14.1. The molecule has 1 saturated heterocycles. The van der Waals surface area contributed by atoms with Gasteiger partial charge in [-0.1, -0.05) is 0 Å². The fraction of sp³-hybridized carbons (Fsp3) is 0.562. The van der Waals surface area contributed by atoms with Gasteiger partial charge in [-0.25, -0.2) is 0 Å². The van der Waals surface area contributed by atoms with Crippen molar-refractivity contribution in [1.29, 1.82) is 0 Å². The Kier molecular flexibility index (Phi) is 4.94. The summed E-state index contributed by atoms with van der Waals surface area (Å²) in [5.74, 6) is 1.32. The zero-order valence-electron chi connectivity index (χ0n) is 13.1. The maximum atomic E-state index is 12.0. The number of ether oxygens (including phenoxy) is 3. The largest absolute Gasteiger partial charge is 0.497 e. The zero-order valence-corrected chi connectivity index (χ0v) is 13.1. The lowest BCUT2D eigenvalue weighted by atomic mass is 10.1. The highest BCUT2D eigenvalue weighted by atomic mass is 16.5. The normalized spacial score (nSPS) is 18.0. The molecule has 0 N–H and O–H groups in total. The Hall–Kier alpha value is -1.91. The molecule has 1 unspecified atom stereocenters. The summed E-state index contributed by atoms with van der Waals surface area (Å²) >= 11 is 0. The van der Waals surface area contributed by atoms with Gasteiger partial charge in [-0.15, -0.1) is 0 Å². The van der Waals surface area contributed by atoms with E-state index in [2.05, 4.69) is 4.90 Å². The van der Waals surface area contributed by atoms with Gasteiger partial charge < -0.3 is 19.1 Å². The summed E-state index contributed by atoms with van der Waals surface area (Å²) in [6, 6.07) is 5.75. The minimum Gasteiger partial charge on any atom is -0.497 e. The first-order valence-corrected chi connectivity index (χ1v) is 7.22. The van der Waals surface area contributed by atoms with Crippen molar-refractivity contribution in [3.8, 4) is 11.5 Å². The third kappa shape index (κ3) is 3.80. The maximum Gasteiger partial charge on any atom is 0.311 e. The monoisotopic (exact) mass is 293 g/mol. The molecule has 1 aromatic carbocycles. The van der Waals surface area contributed by atoms with Crippen molar-refractivity contribution in [2.75, 3.05) is 32.2 Å². The van der Waals surface area contributed by atoms with Crippen LogP contribution in [0.4, 0.5) is 5.69 Å². The molecule has 1 atom stereocenters. The van der Waals surface area contributed by atoms with Crippen LogP contribution in [0.5, 0.6) is 11.5 Å². The van der Waals surface area contributed by atoms with Crippen molar-refractivity contribution in [1.82, 2.24) is 0 Å². The number of carbonyl (C=O) groups excluding carboxylic acids is 1. The lowest BCUT2D eigenvalue weighted by Crippen LogP contribution is -2.25. The van der Waals surface area contributed by atoms with Gasteiger partial charge in [-0.05, 0) is 20.3 Å². The highest BCUT2D eigenvalue weighted by molar-refractivity contribution is 5.74. The topological polar surface area (TPSA) is 48.0 Å². The van der Waals surface area contributed by atoms with Crippen molar-refractivity contribution in [3.63, 3.8) is 0 Å². The van der Waals surface area contributed by atoms with Gasteiger partial charge in [0, 0.05) is 37.0 Å². The van der Waals surface area contributed by atoms with Gasteiger partial charge in [0.15, 0.2) is 0 Å². The van der Waals surface area contributed by atoms with E-state index in [1.807, 2.05) is 32.0 Å². The van der Waals surface area contributed by atoms with Crippen LogP contribution in [-0.4, -0.2) is 39.4 Å². The minimum absolute atomic E-state index is 0.0652. The summed E-state index contributed by atoms with van der Waals surface area (Å²) in [6.45, 7) is 5.24. The van der Waals surface area contributed by atoms with Gasteiger partial charge in [0.25, 0.3) is 0 Å². The van der Waals surface area contributed by atoms with Gasteiger partial charge >= 0.3 is 5.97 Å². The van der Waals surface area contributed by atoms with Crippen molar-refractivity contribution in [3.05, 3.63) is 18.2 Å². The molecule has 1 aliphatic rings. The summed E-state index contributed by atoms with van der Waals surface area (Å²) in [7, 11) is 3.26. The van der Waals surface area contributed by atoms with Crippen LogP contribution in [0.1, 0.15) is 20.3 Å². The molecule has 21 heavy (non-hydrogen) atoms. The Balaban J connectivity index is 2.08. The van der Waals surface area contributed by atoms with E-state index in [0.717, 1.165) is 30.2 Å². The Morgan fingerprint density at radius 1 is 1.19 bits per heavy atom. The average molecular weight is 293 g/mol. The first-order valence-electron chi connectivity index (χ1n) is 7.22. The Labute approximate surface area is 125 Å². The molecule has 0 saturated carbocycles. The van der Waals surface area contributed by atoms with E-state index in [-0.39, 0.29) is 18.0 Å². The zero-order chi connectivity index (χ0) is 15.4. The van der Waals surface area contributed by atoms with Crippen LogP contribution in [0.3, 0.4) is 0 Å². The van der Waals surface area contributed by atoms with E-state index < -0.39 is 0 Å². The van der Waals surface area contributed by atoms with Crippen LogP contribution in [0.2, 0.25) is 0 Å². The number of benzene rings is 1. The lowest BCUT2D eigenvalue weighted by Gasteiger charge is -2.20. The van der Waals surface area contributed by atoms with E-state index in [0.29, 0.717) is 6.54 Å². The lowest BCUT2D eigenvalue weighted by molar-refractivity contribution is -0.151. The van der Waals surface area contributed by atoms with Gasteiger partial charge in [0.1, 0.15) is 11.5 Å². The molecular formula is C16H23NO4. The Morgan fingerprint density at radius 3 is 2.33 bits per heavy atom. The number of nitrogens with zero attached hydrogens (tertiary/aromatic N) is 1. The molecule has 0 aliphatic carbocycles. The fourth-order valence-electron chi connectivity index (χ4n) is 2.49. The molecule has 0 spiro atoms. The molecule has 0 amide bonds. The van der Waals surface area contributed by atoms with Gasteiger partial charge in [0.2, 0.25) is 0 Å². The second kappa shape index (κ2) is 6.70. The second-order valence-corrected chi connectivity index (χ2v) is 5.49. The van der Waals surface area contributed by atoms with Gasteiger partial charge in [-0.3, -0.25) is 4.79 Å². The molecule has 0 radical (unpaired) electrons.